The highest BCUT2D eigenvalue weighted by Crippen LogP contribution is 2.30. The van der Waals surface area contributed by atoms with Crippen LogP contribution in [-0.2, 0) is 4.79 Å². The zero-order valence-electron chi connectivity index (χ0n) is 9.04. The minimum atomic E-state index is -0.0939. The summed E-state index contributed by atoms with van der Waals surface area (Å²) in [6, 6.07) is 5.67. The molecule has 0 fully saturated rings. The SMILES string of the molecule is CC(=O)Nc1c(C)ccc2c(Cl)nccc12. The molecule has 1 N–H and O–H groups in total. The lowest BCUT2D eigenvalue weighted by Crippen LogP contribution is -2.07. The van der Waals surface area contributed by atoms with Gasteiger partial charge in [-0.05, 0) is 18.6 Å². The average Bonchev–Trinajstić information content (AvgIpc) is 2.22. The van der Waals surface area contributed by atoms with Gasteiger partial charge >= 0.3 is 0 Å². The second-order valence-corrected chi connectivity index (χ2v) is 3.99. The zero-order chi connectivity index (χ0) is 11.7. The molecule has 0 unspecified atom stereocenters. The van der Waals surface area contributed by atoms with Gasteiger partial charge in [0.15, 0.2) is 0 Å². The second kappa shape index (κ2) is 4.10. The highest BCUT2D eigenvalue weighted by atomic mass is 35.5. The van der Waals surface area contributed by atoms with Gasteiger partial charge in [-0.25, -0.2) is 4.98 Å². The molecule has 1 amide bonds. The van der Waals surface area contributed by atoms with E-state index in [1.165, 1.54) is 6.92 Å². The van der Waals surface area contributed by atoms with Crippen LogP contribution in [0, 0.1) is 6.92 Å². The Labute approximate surface area is 98.4 Å². The van der Waals surface area contributed by atoms with E-state index < -0.39 is 0 Å². The van der Waals surface area contributed by atoms with Crippen molar-refractivity contribution in [3.05, 3.63) is 35.1 Å². The molecule has 1 aromatic carbocycles. The van der Waals surface area contributed by atoms with E-state index in [4.69, 9.17) is 11.6 Å². The number of nitrogens with zero attached hydrogens (tertiary/aromatic N) is 1. The molecule has 0 saturated heterocycles. The van der Waals surface area contributed by atoms with E-state index in [1.54, 1.807) is 6.20 Å². The molecule has 0 atom stereocenters. The number of aromatic nitrogens is 1. The summed E-state index contributed by atoms with van der Waals surface area (Å²) in [4.78, 5) is 15.1. The van der Waals surface area contributed by atoms with Crippen LogP contribution in [0.3, 0.4) is 0 Å². The van der Waals surface area contributed by atoms with Crippen LogP contribution < -0.4 is 5.32 Å². The number of nitrogens with one attached hydrogen (secondary N) is 1. The van der Waals surface area contributed by atoms with Gasteiger partial charge in [0.2, 0.25) is 5.91 Å². The van der Waals surface area contributed by atoms with E-state index in [9.17, 15) is 4.79 Å². The van der Waals surface area contributed by atoms with Crippen molar-refractivity contribution in [2.24, 2.45) is 0 Å². The predicted octanol–water partition coefficient (Wildman–Crippen LogP) is 3.16. The van der Waals surface area contributed by atoms with Gasteiger partial charge in [-0.3, -0.25) is 4.79 Å². The molecule has 2 aromatic rings. The molecule has 0 spiro atoms. The number of halogens is 1. The fraction of sp³-hybridized carbons (Fsp3) is 0.167. The Morgan fingerprint density at radius 3 is 2.75 bits per heavy atom. The van der Waals surface area contributed by atoms with E-state index in [0.717, 1.165) is 22.0 Å². The Hall–Kier alpha value is -1.61. The topological polar surface area (TPSA) is 42.0 Å². The first kappa shape index (κ1) is 10.9. The van der Waals surface area contributed by atoms with Gasteiger partial charge in [0.05, 0.1) is 5.69 Å². The summed E-state index contributed by atoms with van der Waals surface area (Å²) in [6.45, 7) is 3.43. The Balaban J connectivity index is 2.74. The standard InChI is InChI=1S/C12H11ClN2O/c1-7-3-4-10-9(5-6-14-12(10)13)11(7)15-8(2)16/h3-6H,1-2H3,(H,15,16). The molecule has 0 bridgehead atoms. The first-order valence-corrected chi connectivity index (χ1v) is 5.29. The number of carbonyl (C=O) groups is 1. The van der Waals surface area contributed by atoms with Crippen LogP contribution in [-0.4, -0.2) is 10.9 Å². The molecular weight excluding hydrogens is 224 g/mol. The third-order valence-electron chi connectivity index (χ3n) is 2.41. The maximum atomic E-state index is 11.1. The average molecular weight is 235 g/mol. The third kappa shape index (κ3) is 1.86. The molecule has 0 saturated carbocycles. The van der Waals surface area contributed by atoms with Crippen molar-refractivity contribution in [1.29, 1.82) is 0 Å². The third-order valence-corrected chi connectivity index (χ3v) is 2.71. The van der Waals surface area contributed by atoms with Crippen LogP contribution >= 0.6 is 11.6 Å². The van der Waals surface area contributed by atoms with Gasteiger partial charge < -0.3 is 5.32 Å². The second-order valence-electron chi connectivity index (χ2n) is 3.64. The summed E-state index contributed by atoms with van der Waals surface area (Å²) >= 11 is 5.99. The van der Waals surface area contributed by atoms with Gasteiger partial charge in [0, 0.05) is 23.9 Å². The number of hydrogen-bond donors (Lipinski definition) is 1. The first-order valence-electron chi connectivity index (χ1n) is 4.91. The molecule has 82 valence electrons. The largest absolute Gasteiger partial charge is 0.326 e. The summed E-state index contributed by atoms with van der Waals surface area (Å²) < 4.78 is 0. The number of rotatable bonds is 1. The minimum Gasteiger partial charge on any atom is -0.326 e. The Morgan fingerprint density at radius 2 is 2.06 bits per heavy atom. The molecule has 0 aliphatic rings. The van der Waals surface area contributed by atoms with E-state index >= 15 is 0 Å². The van der Waals surface area contributed by atoms with Crippen LogP contribution in [0.5, 0.6) is 0 Å². The summed E-state index contributed by atoms with van der Waals surface area (Å²) in [5, 5.41) is 5.02. The smallest absolute Gasteiger partial charge is 0.221 e. The molecule has 3 nitrogen and oxygen atoms in total. The number of pyridine rings is 1. The number of benzene rings is 1. The Morgan fingerprint density at radius 1 is 1.31 bits per heavy atom. The monoisotopic (exact) mass is 234 g/mol. The van der Waals surface area contributed by atoms with Crippen LogP contribution in [0.4, 0.5) is 5.69 Å². The minimum absolute atomic E-state index is 0.0939. The summed E-state index contributed by atoms with van der Waals surface area (Å²) in [5.41, 5.74) is 1.80. The van der Waals surface area contributed by atoms with Gasteiger partial charge in [-0.15, -0.1) is 0 Å². The number of fused-ring (bicyclic) bond motifs is 1. The fourth-order valence-corrected chi connectivity index (χ4v) is 1.89. The summed E-state index contributed by atoms with van der Waals surface area (Å²) in [7, 11) is 0. The molecule has 16 heavy (non-hydrogen) atoms. The summed E-state index contributed by atoms with van der Waals surface area (Å²) in [6.07, 6.45) is 1.63. The zero-order valence-corrected chi connectivity index (χ0v) is 9.80. The molecular formula is C12H11ClN2O. The van der Waals surface area contributed by atoms with Crippen molar-refractivity contribution >= 4 is 34.0 Å². The van der Waals surface area contributed by atoms with Crippen molar-refractivity contribution in [3.8, 4) is 0 Å². The van der Waals surface area contributed by atoms with Crippen LogP contribution in [0.2, 0.25) is 5.15 Å². The van der Waals surface area contributed by atoms with Crippen LogP contribution in [0.1, 0.15) is 12.5 Å². The Bertz CT molecular complexity index is 566. The van der Waals surface area contributed by atoms with Gasteiger partial charge in [-0.2, -0.15) is 0 Å². The Kier molecular flexibility index (Phi) is 2.79. The van der Waals surface area contributed by atoms with Gasteiger partial charge in [-0.1, -0.05) is 23.7 Å². The van der Waals surface area contributed by atoms with Crippen molar-refractivity contribution in [3.63, 3.8) is 0 Å². The van der Waals surface area contributed by atoms with Crippen molar-refractivity contribution in [2.75, 3.05) is 5.32 Å². The molecule has 2 rings (SSSR count). The molecule has 0 radical (unpaired) electrons. The van der Waals surface area contributed by atoms with Crippen molar-refractivity contribution in [2.45, 2.75) is 13.8 Å². The lowest BCUT2D eigenvalue weighted by molar-refractivity contribution is -0.114. The maximum Gasteiger partial charge on any atom is 0.221 e. The predicted molar refractivity (Wildman–Crippen MR) is 65.8 cm³/mol. The molecule has 1 heterocycles. The van der Waals surface area contributed by atoms with Crippen LogP contribution in [0.15, 0.2) is 24.4 Å². The number of hydrogen-bond acceptors (Lipinski definition) is 2. The first-order chi connectivity index (χ1) is 7.59. The number of amides is 1. The number of anilines is 1. The van der Waals surface area contributed by atoms with Crippen molar-refractivity contribution < 1.29 is 4.79 Å². The normalized spacial score (nSPS) is 10.4. The molecule has 4 heteroatoms. The fourth-order valence-electron chi connectivity index (χ4n) is 1.67. The lowest BCUT2D eigenvalue weighted by Gasteiger charge is -2.10. The maximum absolute atomic E-state index is 11.1. The highest BCUT2D eigenvalue weighted by molar-refractivity contribution is 6.34. The van der Waals surface area contributed by atoms with E-state index in [2.05, 4.69) is 10.3 Å². The van der Waals surface area contributed by atoms with Crippen molar-refractivity contribution in [1.82, 2.24) is 4.98 Å². The lowest BCUT2D eigenvalue weighted by atomic mass is 10.1. The van der Waals surface area contributed by atoms with E-state index in [1.807, 2.05) is 25.1 Å². The number of aryl methyl sites for hydroxylation is 1. The van der Waals surface area contributed by atoms with Gasteiger partial charge in [0.1, 0.15) is 5.15 Å². The summed E-state index contributed by atoms with van der Waals surface area (Å²) in [5.74, 6) is -0.0939. The van der Waals surface area contributed by atoms with Gasteiger partial charge in [0.25, 0.3) is 0 Å². The van der Waals surface area contributed by atoms with E-state index in [0.29, 0.717) is 5.15 Å². The molecule has 0 aliphatic heterocycles. The highest BCUT2D eigenvalue weighted by Gasteiger charge is 2.08. The van der Waals surface area contributed by atoms with Crippen LogP contribution in [0.25, 0.3) is 10.8 Å². The molecule has 0 aliphatic carbocycles. The number of carbonyl (C=O) groups excluding carboxylic acids is 1. The molecule has 1 aromatic heterocycles. The van der Waals surface area contributed by atoms with E-state index in [-0.39, 0.29) is 5.91 Å². The quantitative estimate of drug-likeness (QED) is 0.771.